The van der Waals surface area contributed by atoms with E-state index in [9.17, 15) is 22.4 Å². The minimum atomic E-state index is -4.75. The topological polar surface area (TPSA) is 62.6 Å². The average Bonchev–Trinajstić information content (AvgIpc) is 3.07. The fraction of sp³-hybridized carbons (Fsp3) is 0.500. The molecule has 5 rings (SSSR count). The normalized spacial score (nSPS) is 21.5. The first-order valence-electron chi connectivity index (χ1n) is 13.4. The Bertz CT molecular complexity index is 1510. The van der Waals surface area contributed by atoms with E-state index in [4.69, 9.17) is 16.3 Å². The van der Waals surface area contributed by atoms with Crippen LogP contribution in [0.1, 0.15) is 19.4 Å². The second-order valence-corrected chi connectivity index (χ2v) is 12.4. The Labute approximate surface area is 244 Å². The Kier molecular flexibility index (Phi) is 8.60. The molecule has 2 aliphatic heterocycles. The predicted octanol–water partition coefficient (Wildman–Crippen LogP) is 5.11. The fourth-order valence-electron chi connectivity index (χ4n) is 5.54. The van der Waals surface area contributed by atoms with Crippen LogP contribution in [-0.2, 0) is 17.5 Å². The van der Waals surface area contributed by atoms with Crippen LogP contribution in [0.5, 0.6) is 0 Å². The largest absolute Gasteiger partial charge is 0.417 e. The maximum atomic E-state index is 14.8. The van der Waals surface area contributed by atoms with Gasteiger partial charge in [-0.05, 0) is 51.7 Å². The van der Waals surface area contributed by atoms with Crippen LogP contribution in [0.4, 0.5) is 23.4 Å². The van der Waals surface area contributed by atoms with Crippen molar-refractivity contribution in [3.63, 3.8) is 0 Å². The molecular weight excluding hydrogens is 582 g/mol. The van der Waals surface area contributed by atoms with E-state index < -0.39 is 29.4 Å². The first-order valence-corrected chi connectivity index (χ1v) is 14.7. The van der Waals surface area contributed by atoms with Gasteiger partial charge in [-0.2, -0.15) is 18.2 Å². The van der Waals surface area contributed by atoms with Crippen molar-refractivity contribution < 1.29 is 22.3 Å². The van der Waals surface area contributed by atoms with Gasteiger partial charge in [0.2, 0.25) is 0 Å². The van der Waals surface area contributed by atoms with Gasteiger partial charge in [0, 0.05) is 53.3 Å². The Morgan fingerprint density at radius 1 is 1.17 bits per heavy atom. The number of rotatable bonds is 6. The summed E-state index contributed by atoms with van der Waals surface area (Å²) in [6.45, 7) is 6.09. The highest BCUT2D eigenvalue weighted by molar-refractivity contribution is 7.99. The molecule has 13 heteroatoms. The van der Waals surface area contributed by atoms with E-state index >= 15 is 0 Å². The molecule has 1 aromatic heterocycles. The molecule has 0 radical (unpaired) electrons. The minimum Gasteiger partial charge on any atom is -0.374 e. The van der Waals surface area contributed by atoms with Crippen LogP contribution in [0.15, 0.2) is 34.0 Å². The van der Waals surface area contributed by atoms with Gasteiger partial charge in [-0.25, -0.2) is 9.18 Å². The average molecular weight is 614 g/mol. The number of alkyl halides is 3. The van der Waals surface area contributed by atoms with E-state index in [1.165, 1.54) is 28.5 Å². The van der Waals surface area contributed by atoms with Crippen LogP contribution in [0.3, 0.4) is 0 Å². The maximum Gasteiger partial charge on any atom is 0.417 e. The summed E-state index contributed by atoms with van der Waals surface area (Å²) >= 11 is 7.24. The molecule has 3 aromatic rings. The zero-order valence-corrected chi connectivity index (χ0v) is 24.8. The SMILES string of the molecule is C[C@@H]1CN(c2nc(=O)n3c4c(c(-c5ccc(F)c(Cl)c5)c(C(F)(F)F)cc24)SC[C@@H](OCCN(C)C)C3)C[C@H](C)N1. The zero-order chi connectivity index (χ0) is 29.6. The first-order chi connectivity index (χ1) is 19.3. The molecule has 0 aliphatic carbocycles. The summed E-state index contributed by atoms with van der Waals surface area (Å²) in [7, 11) is 3.82. The van der Waals surface area contributed by atoms with Gasteiger partial charge in [0.05, 0.1) is 35.4 Å². The minimum absolute atomic E-state index is 0.0414. The Morgan fingerprint density at radius 3 is 2.51 bits per heavy atom. The molecule has 1 saturated heterocycles. The fourth-order valence-corrected chi connectivity index (χ4v) is 7.00. The third kappa shape index (κ3) is 6.22. The van der Waals surface area contributed by atoms with Gasteiger partial charge in [0.25, 0.3) is 0 Å². The molecule has 7 nitrogen and oxygen atoms in total. The number of thioether (sulfide) groups is 1. The molecular formula is C28H32ClF4N5O2S. The molecule has 0 amide bonds. The number of hydrogen-bond acceptors (Lipinski definition) is 7. The van der Waals surface area contributed by atoms with E-state index in [0.717, 1.165) is 12.1 Å². The molecule has 41 heavy (non-hydrogen) atoms. The molecule has 0 bridgehead atoms. The van der Waals surface area contributed by atoms with Crippen molar-refractivity contribution in [3.8, 4) is 11.1 Å². The number of anilines is 1. The summed E-state index contributed by atoms with van der Waals surface area (Å²) in [5, 5.41) is 3.36. The van der Waals surface area contributed by atoms with Crippen LogP contribution in [0.25, 0.3) is 22.0 Å². The first kappa shape index (κ1) is 30.1. The molecule has 0 saturated carbocycles. The summed E-state index contributed by atoms with van der Waals surface area (Å²) in [6, 6.07) is 4.70. The molecule has 1 fully saturated rings. The molecule has 3 atom stereocenters. The number of likely N-dealkylation sites (N-methyl/N-ethyl adjacent to an activating group) is 1. The van der Waals surface area contributed by atoms with Crippen molar-refractivity contribution in [2.45, 2.75) is 49.7 Å². The van der Waals surface area contributed by atoms with E-state index in [1.807, 2.05) is 37.7 Å². The van der Waals surface area contributed by atoms with E-state index in [2.05, 4.69) is 10.3 Å². The lowest BCUT2D eigenvalue weighted by atomic mass is 9.96. The highest BCUT2D eigenvalue weighted by Gasteiger charge is 2.39. The summed E-state index contributed by atoms with van der Waals surface area (Å²) in [5.41, 5.74) is -1.11. The monoisotopic (exact) mass is 613 g/mol. The smallest absolute Gasteiger partial charge is 0.374 e. The number of ether oxygens (including phenoxy) is 1. The molecule has 2 aromatic carbocycles. The third-order valence-corrected chi connectivity index (χ3v) is 8.78. The second kappa shape index (κ2) is 11.7. The van der Waals surface area contributed by atoms with Crippen LogP contribution < -0.4 is 15.9 Å². The van der Waals surface area contributed by atoms with Crippen LogP contribution in [0, 0.1) is 5.82 Å². The lowest BCUT2D eigenvalue weighted by Crippen LogP contribution is -2.55. The van der Waals surface area contributed by atoms with Gasteiger partial charge >= 0.3 is 11.9 Å². The number of piperazine rings is 1. The number of nitrogens with one attached hydrogen (secondary N) is 1. The van der Waals surface area contributed by atoms with Crippen molar-refractivity contribution in [1.29, 1.82) is 0 Å². The number of aromatic nitrogens is 2. The Morgan fingerprint density at radius 2 is 1.88 bits per heavy atom. The summed E-state index contributed by atoms with van der Waals surface area (Å²) in [6.07, 6.45) is -5.20. The van der Waals surface area contributed by atoms with Gasteiger partial charge in [-0.1, -0.05) is 17.7 Å². The Balaban J connectivity index is 1.79. The van der Waals surface area contributed by atoms with Crippen molar-refractivity contribution in [2.75, 3.05) is 51.0 Å². The van der Waals surface area contributed by atoms with E-state index in [1.54, 1.807) is 0 Å². The maximum absolute atomic E-state index is 14.8. The van der Waals surface area contributed by atoms with Gasteiger partial charge in [-0.15, -0.1) is 11.8 Å². The third-order valence-electron chi connectivity index (χ3n) is 7.26. The molecule has 222 valence electrons. The summed E-state index contributed by atoms with van der Waals surface area (Å²) in [5.74, 6) is -0.198. The highest BCUT2D eigenvalue weighted by atomic mass is 35.5. The molecule has 0 unspecified atom stereocenters. The van der Waals surface area contributed by atoms with E-state index in [0.29, 0.717) is 37.5 Å². The van der Waals surface area contributed by atoms with Crippen molar-refractivity contribution >= 4 is 40.1 Å². The molecule has 3 heterocycles. The van der Waals surface area contributed by atoms with Crippen LogP contribution >= 0.6 is 23.4 Å². The number of hydrogen-bond donors (Lipinski definition) is 1. The highest BCUT2D eigenvalue weighted by Crippen LogP contribution is 2.48. The zero-order valence-electron chi connectivity index (χ0n) is 23.2. The van der Waals surface area contributed by atoms with Crippen LogP contribution in [-0.4, -0.2) is 78.7 Å². The molecule has 1 N–H and O–H groups in total. The van der Waals surface area contributed by atoms with Gasteiger partial charge in [0.1, 0.15) is 11.6 Å². The van der Waals surface area contributed by atoms with Gasteiger partial charge in [0.15, 0.2) is 0 Å². The van der Waals surface area contributed by atoms with Crippen LogP contribution in [0.2, 0.25) is 5.02 Å². The van der Waals surface area contributed by atoms with Crippen molar-refractivity contribution in [1.82, 2.24) is 19.8 Å². The Hall–Kier alpha value is -2.38. The molecule has 2 aliphatic rings. The van der Waals surface area contributed by atoms with Gasteiger partial charge in [-0.3, -0.25) is 4.57 Å². The summed E-state index contributed by atoms with van der Waals surface area (Å²) < 4.78 is 66.0. The van der Waals surface area contributed by atoms with Crippen molar-refractivity contribution in [2.24, 2.45) is 0 Å². The van der Waals surface area contributed by atoms with E-state index in [-0.39, 0.29) is 50.9 Å². The number of nitrogens with zero attached hydrogens (tertiary/aromatic N) is 4. The second-order valence-electron chi connectivity index (χ2n) is 11.0. The lowest BCUT2D eigenvalue weighted by molar-refractivity contribution is -0.137. The van der Waals surface area contributed by atoms with Gasteiger partial charge < -0.3 is 19.9 Å². The molecule has 0 spiro atoms. The lowest BCUT2D eigenvalue weighted by Gasteiger charge is -2.37. The number of halogens is 5. The number of benzene rings is 2. The van der Waals surface area contributed by atoms with Crippen molar-refractivity contribution in [3.05, 3.63) is 51.2 Å². The summed E-state index contributed by atoms with van der Waals surface area (Å²) in [4.78, 5) is 22.1. The standard InChI is InChI=1S/C28H32ClF4N5O2S/c1-15-11-37(12-16(2)34-15)26-19-10-20(28(31,32)33)23(17-5-6-22(30)21(29)9-17)25-24(19)38(27(39)35-26)13-18(14-41-25)40-8-7-36(3)4/h5-6,9-10,15-16,18,34H,7-8,11-14H2,1-4H3/t15-,16+,18-/m0/s1. The quantitative estimate of drug-likeness (QED) is 0.388. The predicted molar refractivity (Wildman–Crippen MR) is 155 cm³/mol.